The predicted octanol–water partition coefficient (Wildman–Crippen LogP) is 5.09. The molecule has 32 heavy (non-hydrogen) atoms. The molecule has 1 saturated heterocycles. The van der Waals surface area contributed by atoms with E-state index in [0.717, 1.165) is 60.9 Å². The summed E-state index contributed by atoms with van der Waals surface area (Å²) in [5, 5.41) is 2.30. The van der Waals surface area contributed by atoms with Crippen LogP contribution in [0.2, 0.25) is 0 Å². The minimum Gasteiger partial charge on any atom is -0.306 e. The van der Waals surface area contributed by atoms with E-state index < -0.39 is 0 Å². The standard InChI is InChI=1S/C27H29N3O2/c1-19-8-9-21-18-22(11-10-20(21)17-19)26(31)7-4-14-29-15-12-23(13-16-29)30-25-6-3-2-5-24(25)28-27(30)32/h2-3,5-6,8-11,17-18,23H,4,7,12-16H2,1H3,(H,28,32). The number of fused-ring (bicyclic) bond motifs is 2. The van der Waals surface area contributed by atoms with E-state index in [1.807, 2.05) is 47.0 Å². The van der Waals surface area contributed by atoms with Gasteiger partial charge < -0.3 is 9.88 Å². The lowest BCUT2D eigenvalue weighted by atomic mass is 10.00. The van der Waals surface area contributed by atoms with Gasteiger partial charge in [-0.05, 0) is 61.7 Å². The van der Waals surface area contributed by atoms with Gasteiger partial charge in [0.05, 0.1) is 11.0 Å². The van der Waals surface area contributed by atoms with E-state index in [1.54, 1.807) is 0 Å². The topological polar surface area (TPSA) is 58.1 Å². The van der Waals surface area contributed by atoms with Crippen molar-refractivity contribution in [3.8, 4) is 0 Å². The molecule has 4 aromatic rings. The van der Waals surface area contributed by atoms with Crippen molar-refractivity contribution in [1.82, 2.24) is 14.5 Å². The van der Waals surface area contributed by atoms with Crippen molar-refractivity contribution in [2.75, 3.05) is 19.6 Å². The molecule has 0 spiro atoms. The molecule has 0 aliphatic carbocycles. The number of carbonyl (C=O) groups excluding carboxylic acids is 1. The quantitative estimate of drug-likeness (QED) is 0.436. The molecule has 0 atom stereocenters. The molecule has 0 saturated carbocycles. The van der Waals surface area contributed by atoms with Gasteiger partial charge in [-0.1, -0.05) is 48.0 Å². The molecule has 0 radical (unpaired) electrons. The highest BCUT2D eigenvalue weighted by Crippen LogP contribution is 2.25. The third kappa shape index (κ3) is 4.13. The first kappa shape index (κ1) is 20.7. The highest BCUT2D eigenvalue weighted by Gasteiger charge is 2.23. The van der Waals surface area contributed by atoms with E-state index in [4.69, 9.17) is 0 Å². The summed E-state index contributed by atoms with van der Waals surface area (Å²) in [6, 6.07) is 20.5. The number of nitrogens with zero attached hydrogens (tertiary/aromatic N) is 2. The Balaban J connectivity index is 1.14. The van der Waals surface area contributed by atoms with E-state index in [-0.39, 0.29) is 17.5 Å². The summed E-state index contributed by atoms with van der Waals surface area (Å²) in [6.45, 7) is 4.92. The molecule has 5 rings (SSSR count). The average Bonchev–Trinajstić information content (AvgIpc) is 3.14. The van der Waals surface area contributed by atoms with E-state index in [0.29, 0.717) is 6.42 Å². The number of Topliss-reactive ketones (excluding diaryl/α,β-unsaturated/α-hetero) is 1. The summed E-state index contributed by atoms with van der Waals surface area (Å²) in [7, 11) is 0. The molecule has 5 heteroatoms. The van der Waals surface area contributed by atoms with Crippen molar-refractivity contribution < 1.29 is 4.79 Å². The minimum atomic E-state index is -0.0132. The number of carbonyl (C=O) groups is 1. The maximum absolute atomic E-state index is 12.7. The number of para-hydroxylation sites is 2. The smallest absolute Gasteiger partial charge is 0.306 e. The number of aryl methyl sites for hydroxylation is 1. The highest BCUT2D eigenvalue weighted by molar-refractivity contribution is 6.00. The number of H-pyrrole nitrogens is 1. The van der Waals surface area contributed by atoms with Crippen LogP contribution in [0.15, 0.2) is 65.5 Å². The Kier molecular flexibility index (Phi) is 5.66. The first-order valence-electron chi connectivity index (χ1n) is 11.5. The van der Waals surface area contributed by atoms with Crippen LogP contribution >= 0.6 is 0 Å². The Morgan fingerprint density at radius 1 is 1.00 bits per heavy atom. The number of hydrogen-bond donors (Lipinski definition) is 1. The number of aromatic nitrogens is 2. The zero-order valence-corrected chi connectivity index (χ0v) is 18.5. The van der Waals surface area contributed by atoms with Gasteiger partial charge in [0.1, 0.15) is 0 Å². The molecule has 2 heterocycles. The van der Waals surface area contributed by atoms with Crippen LogP contribution in [-0.2, 0) is 0 Å². The lowest BCUT2D eigenvalue weighted by Gasteiger charge is -2.32. The summed E-state index contributed by atoms with van der Waals surface area (Å²) < 4.78 is 1.93. The summed E-state index contributed by atoms with van der Waals surface area (Å²) >= 11 is 0. The van der Waals surface area contributed by atoms with Gasteiger partial charge in [0, 0.05) is 31.1 Å². The van der Waals surface area contributed by atoms with Crippen molar-refractivity contribution in [3.05, 3.63) is 82.3 Å². The summed E-state index contributed by atoms with van der Waals surface area (Å²) in [5.74, 6) is 0.215. The van der Waals surface area contributed by atoms with Gasteiger partial charge >= 0.3 is 5.69 Å². The van der Waals surface area contributed by atoms with Crippen LogP contribution in [-0.4, -0.2) is 39.9 Å². The number of benzene rings is 3. The number of hydrogen-bond acceptors (Lipinski definition) is 3. The monoisotopic (exact) mass is 427 g/mol. The van der Waals surface area contributed by atoms with Crippen LogP contribution in [0.3, 0.4) is 0 Å². The molecular weight excluding hydrogens is 398 g/mol. The second-order valence-corrected chi connectivity index (χ2v) is 8.98. The van der Waals surface area contributed by atoms with Crippen LogP contribution in [0.1, 0.15) is 47.6 Å². The van der Waals surface area contributed by atoms with Gasteiger partial charge in [0.25, 0.3) is 0 Å². The molecule has 3 aromatic carbocycles. The normalized spacial score (nSPS) is 15.5. The number of likely N-dealkylation sites (tertiary alicyclic amines) is 1. The van der Waals surface area contributed by atoms with Gasteiger partial charge in [-0.2, -0.15) is 0 Å². The SMILES string of the molecule is Cc1ccc2cc(C(=O)CCCN3CCC(n4c(=O)[nH]c5ccccc54)CC3)ccc2c1. The zero-order valence-electron chi connectivity index (χ0n) is 18.5. The molecule has 1 N–H and O–H groups in total. The highest BCUT2D eigenvalue weighted by atomic mass is 16.1. The fourth-order valence-electron chi connectivity index (χ4n) is 4.98. The van der Waals surface area contributed by atoms with Crippen LogP contribution in [0.25, 0.3) is 21.8 Å². The number of rotatable bonds is 6. The van der Waals surface area contributed by atoms with Crippen LogP contribution in [0.4, 0.5) is 0 Å². The molecule has 0 bridgehead atoms. The zero-order chi connectivity index (χ0) is 22.1. The Hall–Kier alpha value is -3.18. The first-order valence-corrected chi connectivity index (χ1v) is 11.5. The van der Waals surface area contributed by atoms with E-state index in [9.17, 15) is 9.59 Å². The Morgan fingerprint density at radius 2 is 1.75 bits per heavy atom. The molecule has 1 fully saturated rings. The Morgan fingerprint density at radius 3 is 2.59 bits per heavy atom. The summed E-state index contributed by atoms with van der Waals surface area (Å²) in [5.41, 5.74) is 3.92. The van der Waals surface area contributed by atoms with E-state index in [2.05, 4.69) is 35.0 Å². The third-order valence-electron chi connectivity index (χ3n) is 6.74. The maximum Gasteiger partial charge on any atom is 0.326 e. The lowest BCUT2D eigenvalue weighted by molar-refractivity contribution is 0.0970. The maximum atomic E-state index is 12.7. The number of imidazole rings is 1. The molecule has 0 unspecified atom stereocenters. The lowest BCUT2D eigenvalue weighted by Crippen LogP contribution is -2.37. The first-order chi connectivity index (χ1) is 15.6. The average molecular weight is 428 g/mol. The van der Waals surface area contributed by atoms with Crippen molar-refractivity contribution in [1.29, 1.82) is 0 Å². The number of ketones is 1. The van der Waals surface area contributed by atoms with Gasteiger partial charge in [-0.3, -0.25) is 9.36 Å². The van der Waals surface area contributed by atoms with E-state index >= 15 is 0 Å². The number of piperidine rings is 1. The van der Waals surface area contributed by atoms with Crippen LogP contribution in [0, 0.1) is 6.92 Å². The molecular formula is C27H29N3O2. The molecule has 1 aliphatic heterocycles. The van der Waals surface area contributed by atoms with Crippen LogP contribution in [0.5, 0.6) is 0 Å². The van der Waals surface area contributed by atoms with Gasteiger partial charge in [0.2, 0.25) is 0 Å². The summed E-state index contributed by atoms with van der Waals surface area (Å²) in [6.07, 6.45) is 3.35. The number of nitrogens with one attached hydrogen (secondary N) is 1. The van der Waals surface area contributed by atoms with Gasteiger partial charge in [-0.25, -0.2) is 4.79 Å². The third-order valence-corrected chi connectivity index (χ3v) is 6.74. The van der Waals surface area contributed by atoms with Gasteiger partial charge in [0.15, 0.2) is 5.78 Å². The second-order valence-electron chi connectivity index (χ2n) is 8.98. The fourth-order valence-corrected chi connectivity index (χ4v) is 4.98. The molecule has 1 aromatic heterocycles. The van der Waals surface area contributed by atoms with Crippen molar-refractivity contribution in [2.24, 2.45) is 0 Å². The predicted molar refractivity (Wildman–Crippen MR) is 130 cm³/mol. The molecule has 0 amide bonds. The number of aromatic amines is 1. The Bertz CT molecular complexity index is 1330. The van der Waals surface area contributed by atoms with Gasteiger partial charge in [-0.15, -0.1) is 0 Å². The fraction of sp³-hybridized carbons (Fsp3) is 0.333. The largest absolute Gasteiger partial charge is 0.326 e. The molecule has 5 nitrogen and oxygen atoms in total. The van der Waals surface area contributed by atoms with E-state index in [1.165, 1.54) is 10.9 Å². The van der Waals surface area contributed by atoms with Crippen molar-refractivity contribution >= 4 is 27.6 Å². The molecule has 1 aliphatic rings. The van der Waals surface area contributed by atoms with Crippen molar-refractivity contribution in [2.45, 2.75) is 38.6 Å². The van der Waals surface area contributed by atoms with Crippen LogP contribution < -0.4 is 5.69 Å². The molecule has 164 valence electrons. The van der Waals surface area contributed by atoms with Crippen molar-refractivity contribution in [3.63, 3.8) is 0 Å². The summed E-state index contributed by atoms with van der Waals surface area (Å²) in [4.78, 5) is 30.6. The second kappa shape index (κ2) is 8.75. The minimum absolute atomic E-state index is 0.0132. The Labute approximate surface area is 187 Å².